The van der Waals surface area contributed by atoms with Gasteiger partial charge in [-0.3, -0.25) is 14.9 Å². The van der Waals surface area contributed by atoms with Crippen molar-refractivity contribution in [1.29, 1.82) is 0 Å². The molecule has 1 heterocycles. The Bertz CT molecular complexity index is 1720. The van der Waals surface area contributed by atoms with Crippen LogP contribution in [-0.4, -0.2) is 55.2 Å². The molecule has 1 aliphatic heterocycles. The highest BCUT2D eigenvalue weighted by Gasteiger charge is 2.38. The van der Waals surface area contributed by atoms with Gasteiger partial charge in [-0.25, -0.2) is 17.6 Å². The number of ether oxygens (including phenoxy) is 1. The number of sulfone groups is 1. The van der Waals surface area contributed by atoms with Gasteiger partial charge in [-0.2, -0.15) is 0 Å². The van der Waals surface area contributed by atoms with Crippen molar-refractivity contribution in [3.05, 3.63) is 82.1 Å². The first-order chi connectivity index (χ1) is 20.7. The zero-order chi connectivity index (χ0) is 32.3. The van der Waals surface area contributed by atoms with Crippen LogP contribution in [-0.2, 0) is 14.6 Å². The minimum absolute atomic E-state index is 0.0131. The number of nitrogens with zero attached hydrogens (tertiary/aromatic N) is 1. The normalized spacial score (nSPS) is 15.6. The van der Waals surface area contributed by atoms with Crippen LogP contribution in [0.3, 0.4) is 0 Å². The van der Waals surface area contributed by atoms with Crippen LogP contribution in [0.2, 0.25) is 5.02 Å². The van der Waals surface area contributed by atoms with Gasteiger partial charge in [-0.15, -0.1) is 0 Å². The average Bonchev–Trinajstić information content (AvgIpc) is 3.46. The van der Waals surface area contributed by atoms with Gasteiger partial charge in [0, 0.05) is 17.8 Å². The van der Waals surface area contributed by atoms with Crippen LogP contribution >= 0.6 is 11.6 Å². The van der Waals surface area contributed by atoms with Gasteiger partial charge < -0.3 is 25.8 Å². The molecule has 11 nitrogen and oxygen atoms in total. The van der Waals surface area contributed by atoms with Crippen molar-refractivity contribution in [2.75, 3.05) is 24.3 Å². The molecule has 3 aromatic carbocycles. The lowest BCUT2D eigenvalue weighted by Gasteiger charge is -2.32. The molecule has 1 fully saturated rings. The van der Waals surface area contributed by atoms with E-state index < -0.39 is 50.9 Å². The number of carbonyl (C=O) groups is 3. The predicted molar refractivity (Wildman–Crippen MR) is 163 cm³/mol. The molecule has 3 amide bonds. The molecule has 0 aliphatic carbocycles. The second-order valence-electron chi connectivity index (χ2n) is 10.5. The molecule has 4 rings (SSSR count). The summed E-state index contributed by atoms with van der Waals surface area (Å²) in [7, 11) is -2.45. The van der Waals surface area contributed by atoms with Crippen molar-refractivity contribution >= 4 is 50.7 Å². The molecule has 5 N–H and O–H groups in total. The first-order valence-corrected chi connectivity index (χ1v) is 15.5. The van der Waals surface area contributed by atoms with Crippen LogP contribution in [0.1, 0.15) is 60.3 Å². The number of likely N-dealkylation sites (tertiary alicyclic amines) is 1. The Kier molecular flexibility index (Phi) is 9.69. The third kappa shape index (κ3) is 6.73. The number of hydrogen-bond acceptors (Lipinski definition) is 7. The van der Waals surface area contributed by atoms with Crippen molar-refractivity contribution in [1.82, 2.24) is 4.90 Å². The molecule has 0 radical (unpaired) electrons. The van der Waals surface area contributed by atoms with E-state index in [0.717, 1.165) is 6.07 Å². The van der Waals surface area contributed by atoms with Crippen LogP contribution in [0.4, 0.5) is 20.6 Å². The summed E-state index contributed by atoms with van der Waals surface area (Å²) in [6.45, 7) is 3.29. The maximum atomic E-state index is 15.0. The summed E-state index contributed by atoms with van der Waals surface area (Å²) >= 11 is 6.23. The van der Waals surface area contributed by atoms with Crippen LogP contribution in [0.25, 0.3) is 0 Å². The van der Waals surface area contributed by atoms with Crippen LogP contribution in [0.5, 0.6) is 5.75 Å². The lowest BCUT2D eigenvalue weighted by atomic mass is 10.0. The number of hydrogen-bond donors (Lipinski definition) is 4. The van der Waals surface area contributed by atoms with E-state index in [9.17, 15) is 27.9 Å². The minimum Gasteiger partial charge on any atom is -0.495 e. The van der Waals surface area contributed by atoms with Gasteiger partial charge in [-0.05, 0) is 86.3 Å². The third-order valence-corrected chi connectivity index (χ3v) is 9.93. The Labute approximate surface area is 259 Å². The summed E-state index contributed by atoms with van der Waals surface area (Å²) in [5.41, 5.74) is 5.98. The minimum atomic E-state index is -3.85. The highest BCUT2D eigenvalue weighted by Crippen LogP contribution is 2.40. The summed E-state index contributed by atoms with van der Waals surface area (Å²) in [5, 5.41) is 13.9. The lowest BCUT2D eigenvalue weighted by molar-refractivity contribution is -0.133. The number of primary amides is 1. The predicted octanol–water partition coefficient (Wildman–Crippen LogP) is 5.38. The molecule has 0 spiro atoms. The number of carboxylic acid groups (broad SMARTS) is 1. The Balaban J connectivity index is 1.84. The molecule has 0 unspecified atom stereocenters. The summed E-state index contributed by atoms with van der Waals surface area (Å²) < 4.78 is 47.1. The van der Waals surface area contributed by atoms with E-state index in [-0.39, 0.29) is 44.7 Å². The molecular weight excluding hydrogens is 615 g/mol. The largest absolute Gasteiger partial charge is 0.495 e. The van der Waals surface area contributed by atoms with E-state index in [1.165, 1.54) is 68.3 Å². The number of halogens is 2. The molecule has 44 heavy (non-hydrogen) atoms. The number of amides is 3. The Morgan fingerprint density at radius 2 is 1.84 bits per heavy atom. The first kappa shape index (κ1) is 32.6. The monoisotopic (exact) mass is 646 g/mol. The fourth-order valence-corrected chi connectivity index (χ4v) is 6.61. The molecule has 1 aliphatic rings. The molecule has 0 saturated carbocycles. The molecule has 3 aromatic rings. The number of nitrogens with one attached hydrogen (secondary N) is 2. The maximum Gasteiger partial charge on any atom is 0.409 e. The summed E-state index contributed by atoms with van der Waals surface area (Å²) in [6, 6.07) is 10.2. The number of nitrogens with two attached hydrogens (primary N) is 1. The van der Waals surface area contributed by atoms with E-state index in [1.807, 2.05) is 0 Å². The molecule has 1 saturated heterocycles. The van der Waals surface area contributed by atoms with Gasteiger partial charge in [0.2, 0.25) is 11.8 Å². The fraction of sp³-hybridized carbons (Fsp3) is 0.300. The van der Waals surface area contributed by atoms with Crippen LogP contribution in [0.15, 0.2) is 59.5 Å². The molecule has 0 bridgehead atoms. The smallest absolute Gasteiger partial charge is 0.409 e. The second kappa shape index (κ2) is 13.1. The topological polar surface area (TPSA) is 168 Å². The molecule has 0 aromatic heterocycles. The molecule has 14 heteroatoms. The lowest BCUT2D eigenvalue weighted by Crippen LogP contribution is -2.38. The highest BCUT2D eigenvalue weighted by atomic mass is 35.5. The quantitative estimate of drug-likeness (QED) is 0.228. The molecular formula is C30H32ClFN4O7S. The van der Waals surface area contributed by atoms with E-state index in [1.54, 1.807) is 6.07 Å². The number of rotatable bonds is 10. The number of carbonyl (C=O) groups excluding carboxylic acids is 2. The summed E-state index contributed by atoms with van der Waals surface area (Å²) in [6.07, 6.45) is -0.447. The zero-order valence-corrected chi connectivity index (χ0v) is 25.7. The van der Waals surface area contributed by atoms with E-state index >= 15 is 4.39 Å². The second-order valence-corrected chi connectivity index (χ2v) is 13.4. The van der Waals surface area contributed by atoms with Crippen molar-refractivity contribution < 1.29 is 37.0 Å². The molecule has 2 atom stereocenters. The van der Waals surface area contributed by atoms with E-state index in [0.29, 0.717) is 18.4 Å². The third-order valence-electron chi connectivity index (χ3n) is 7.39. The molecule has 234 valence electrons. The van der Waals surface area contributed by atoms with Gasteiger partial charge in [0.05, 0.1) is 34.0 Å². The van der Waals surface area contributed by atoms with Gasteiger partial charge in [0.15, 0.2) is 9.84 Å². The number of anilines is 2. The highest BCUT2D eigenvalue weighted by molar-refractivity contribution is 7.92. The Hall–Kier alpha value is -4.36. The number of methoxy groups -OCH3 is 1. The fourth-order valence-electron chi connectivity index (χ4n) is 5.13. The van der Waals surface area contributed by atoms with E-state index in [2.05, 4.69) is 10.6 Å². The zero-order valence-electron chi connectivity index (χ0n) is 24.1. The van der Waals surface area contributed by atoms with Gasteiger partial charge in [0.25, 0.3) is 0 Å². The van der Waals surface area contributed by atoms with Gasteiger partial charge in [-0.1, -0.05) is 17.7 Å². The Morgan fingerprint density at radius 3 is 2.48 bits per heavy atom. The van der Waals surface area contributed by atoms with Crippen molar-refractivity contribution in [2.24, 2.45) is 5.73 Å². The van der Waals surface area contributed by atoms with Crippen LogP contribution in [0, 0.1) is 5.82 Å². The summed E-state index contributed by atoms with van der Waals surface area (Å²) in [4.78, 5) is 39.1. The average molecular weight is 647 g/mol. The maximum absolute atomic E-state index is 15.0. The SMILES string of the molecule is COc1cc([C@@H](Nc2cc(C(N)=O)ccc2F)C(=O)N2CCC[C@@H]2c2cc(NC(=O)O)ccc2S(=O)(=O)C(C)C)ccc1Cl. The standard InChI is InChI=1S/C30H32ClFN4O7S/c1-16(2)44(41,42)26-11-8-19(34-30(39)40)15-20(26)24-5-4-12-36(24)29(38)27(17-6-9-21(31)25(14-17)43-3)35-23-13-18(28(33)37)7-10-22(23)32/h6-11,13-16,24,27,34-35H,4-5,12H2,1-3H3,(H2,33,37)(H,39,40)/t24-,27-/m1/s1. The van der Waals surface area contributed by atoms with Crippen molar-refractivity contribution in [3.8, 4) is 5.75 Å². The van der Waals surface area contributed by atoms with E-state index in [4.69, 9.17) is 22.1 Å². The van der Waals surface area contributed by atoms with Crippen molar-refractivity contribution in [3.63, 3.8) is 0 Å². The van der Waals surface area contributed by atoms with Gasteiger partial charge >= 0.3 is 6.09 Å². The van der Waals surface area contributed by atoms with Crippen molar-refractivity contribution in [2.45, 2.75) is 48.9 Å². The van der Waals surface area contributed by atoms with Gasteiger partial charge in [0.1, 0.15) is 17.6 Å². The number of benzene rings is 3. The summed E-state index contributed by atoms with van der Waals surface area (Å²) in [5.74, 6) is -1.82. The Morgan fingerprint density at radius 1 is 1.11 bits per heavy atom. The van der Waals surface area contributed by atoms with Crippen LogP contribution < -0.4 is 21.1 Å². The first-order valence-electron chi connectivity index (χ1n) is 13.6.